The van der Waals surface area contributed by atoms with E-state index in [0.717, 1.165) is 5.56 Å². The van der Waals surface area contributed by atoms with Crippen LogP contribution in [0.2, 0.25) is 0 Å². The van der Waals surface area contributed by atoms with Gasteiger partial charge in [-0.25, -0.2) is 4.98 Å². The number of nitrogens with one attached hydrogen (secondary N) is 1. The lowest BCUT2D eigenvalue weighted by molar-refractivity contribution is 0.179. The lowest BCUT2D eigenvalue weighted by Gasteiger charge is -2.37. The highest BCUT2D eigenvalue weighted by molar-refractivity contribution is 7.99. The Hall–Kier alpha value is -2.62. The first-order valence-electron chi connectivity index (χ1n) is 10.4. The molecule has 0 saturated carbocycles. The number of rotatable bonds is 6. The molecule has 162 valence electrons. The van der Waals surface area contributed by atoms with E-state index in [-0.39, 0.29) is 12.1 Å². The first-order valence-corrected chi connectivity index (χ1v) is 11.3. The van der Waals surface area contributed by atoms with Crippen LogP contribution in [-0.2, 0) is 6.42 Å². The molecule has 1 aromatic carbocycles. The fourth-order valence-electron chi connectivity index (χ4n) is 4.10. The topological polar surface area (TPSA) is 122 Å². The van der Waals surface area contributed by atoms with Crippen molar-refractivity contribution in [3.8, 4) is 12.1 Å². The maximum atomic E-state index is 10.3. The van der Waals surface area contributed by atoms with Crippen LogP contribution in [0.25, 0.3) is 0 Å². The lowest BCUT2D eigenvalue weighted by Crippen LogP contribution is -2.54. The fourth-order valence-corrected chi connectivity index (χ4v) is 5.19. The zero-order chi connectivity index (χ0) is 22.5. The first kappa shape index (κ1) is 23.1. The van der Waals surface area contributed by atoms with Crippen LogP contribution in [0, 0.1) is 22.7 Å². The molecule has 2 unspecified atom stereocenters. The average molecular weight is 437 g/mol. The van der Waals surface area contributed by atoms with Crippen molar-refractivity contribution in [2.75, 3.05) is 18.0 Å². The molecule has 7 nitrogen and oxygen atoms in total. The second kappa shape index (κ2) is 10.1. The number of benzene rings is 1. The molecule has 31 heavy (non-hydrogen) atoms. The van der Waals surface area contributed by atoms with Gasteiger partial charge in [0.05, 0.1) is 16.4 Å². The zero-order valence-electron chi connectivity index (χ0n) is 18.0. The van der Waals surface area contributed by atoms with Crippen molar-refractivity contribution in [2.24, 2.45) is 5.73 Å². The van der Waals surface area contributed by atoms with Crippen LogP contribution in [0.5, 0.6) is 0 Å². The molecule has 1 saturated heterocycles. The third-order valence-corrected chi connectivity index (χ3v) is 6.68. The second-order valence-electron chi connectivity index (χ2n) is 7.86. The van der Waals surface area contributed by atoms with Crippen LogP contribution < -0.4 is 16.0 Å². The molecule has 1 aromatic heterocycles. The number of aromatic nitrogens is 1. The van der Waals surface area contributed by atoms with Gasteiger partial charge >= 0.3 is 0 Å². The largest absolute Gasteiger partial charge is 0.377 e. The summed E-state index contributed by atoms with van der Waals surface area (Å²) in [5.41, 5.74) is 8.28. The molecule has 0 amide bonds. The number of nitrogens with zero attached hydrogens (tertiary/aromatic N) is 4. The van der Waals surface area contributed by atoms with Gasteiger partial charge in [-0.05, 0) is 31.4 Å². The highest BCUT2D eigenvalue weighted by atomic mass is 32.2. The number of nitrogens with two attached hydrogens (primary N) is 1. The summed E-state index contributed by atoms with van der Waals surface area (Å²) in [6.45, 7) is 7.57. The molecule has 2 heterocycles. The number of pyridine rings is 1. The van der Waals surface area contributed by atoms with Crippen LogP contribution in [0.1, 0.15) is 48.3 Å². The van der Waals surface area contributed by atoms with Gasteiger partial charge < -0.3 is 21.1 Å². The molecule has 0 bridgehead atoms. The second-order valence-corrected chi connectivity index (χ2v) is 8.99. The number of aliphatic hydroxyl groups excluding tert-OH is 1. The molecule has 3 rings (SSSR count). The van der Waals surface area contributed by atoms with Gasteiger partial charge in [-0.3, -0.25) is 0 Å². The average Bonchev–Trinajstić information content (AvgIpc) is 2.75. The molecular weight excluding hydrogens is 408 g/mol. The SMILES string of the molecule is CCc1c(C#N)c(SC(c2ccccc2)C(N)O)nc(N2C[C@@H](C)N[C@@H](C)C2)c1C#N. The van der Waals surface area contributed by atoms with Crippen LogP contribution in [0.4, 0.5) is 5.82 Å². The van der Waals surface area contributed by atoms with E-state index in [0.29, 0.717) is 47.0 Å². The van der Waals surface area contributed by atoms with E-state index in [1.165, 1.54) is 11.8 Å². The molecule has 4 N–H and O–H groups in total. The van der Waals surface area contributed by atoms with Gasteiger partial charge in [-0.15, -0.1) is 0 Å². The third kappa shape index (κ3) is 5.00. The summed E-state index contributed by atoms with van der Waals surface area (Å²) in [5.74, 6) is 0.597. The molecular formula is C23H28N6OS. The summed E-state index contributed by atoms with van der Waals surface area (Å²) in [6.07, 6.45) is -0.600. The highest BCUT2D eigenvalue weighted by Crippen LogP contribution is 2.40. The monoisotopic (exact) mass is 436 g/mol. The quantitative estimate of drug-likeness (QED) is 0.467. The van der Waals surface area contributed by atoms with Crippen LogP contribution in [-0.4, -0.2) is 41.5 Å². The minimum absolute atomic E-state index is 0.247. The van der Waals surface area contributed by atoms with Crippen molar-refractivity contribution in [3.05, 3.63) is 52.6 Å². The molecule has 2 aromatic rings. The van der Waals surface area contributed by atoms with Gasteiger partial charge in [0.15, 0.2) is 0 Å². The first-order chi connectivity index (χ1) is 14.9. The number of anilines is 1. The van der Waals surface area contributed by atoms with Crippen molar-refractivity contribution in [1.29, 1.82) is 10.5 Å². The molecule has 1 fully saturated rings. The molecule has 0 radical (unpaired) electrons. The van der Waals surface area contributed by atoms with E-state index in [1.807, 2.05) is 37.3 Å². The van der Waals surface area contributed by atoms with Gasteiger partial charge in [-0.2, -0.15) is 10.5 Å². The number of thioether (sulfide) groups is 1. The molecule has 1 aliphatic heterocycles. The van der Waals surface area contributed by atoms with E-state index in [1.54, 1.807) is 0 Å². The molecule has 0 aliphatic carbocycles. The van der Waals surface area contributed by atoms with Gasteiger partial charge in [-0.1, -0.05) is 49.0 Å². The van der Waals surface area contributed by atoms with E-state index in [4.69, 9.17) is 10.7 Å². The van der Waals surface area contributed by atoms with E-state index < -0.39 is 11.5 Å². The zero-order valence-corrected chi connectivity index (χ0v) is 18.9. The summed E-state index contributed by atoms with van der Waals surface area (Å²) >= 11 is 1.27. The minimum atomic E-state index is -1.14. The van der Waals surface area contributed by atoms with Crippen LogP contribution in [0.3, 0.4) is 0 Å². The Morgan fingerprint density at radius 2 is 1.81 bits per heavy atom. The van der Waals surface area contributed by atoms with Gasteiger partial charge in [0.2, 0.25) is 0 Å². The Morgan fingerprint density at radius 3 is 2.32 bits per heavy atom. The summed E-state index contributed by atoms with van der Waals surface area (Å²) < 4.78 is 0. The lowest BCUT2D eigenvalue weighted by atomic mass is 10.0. The highest BCUT2D eigenvalue weighted by Gasteiger charge is 2.29. The number of hydrogen-bond acceptors (Lipinski definition) is 8. The van der Waals surface area contributed by atoms with Gasteiger partial charge in [0, 0.05) is 25.2 Å². The van der Waals surface area contributed by atoms with Crippen LogP contribution >= 0.6 is 11.8 Å². The smallest absolute Gasteiger partial charge is 0.148 e. The normalized spacial score (nSPS) is 20.5. The Balaban J connectivity index is 2.13. The van der Waals surface area contributed by atoms with Crippen LogP contribution in [0.15, 0.2) is 35.4 Å². The van der Waals surface area contributed by atoms with Crippen molar-refractivity contribution >= 4 is 17.6 Å². The Bertz CT molecular complexity index is 988. The van der Waals surface area contributed by atoms with E-state index in [2.05, 4.69) is 36.2 Å². The molecule has 1 aliphatic rings. The van der Waals surface area contributed by atoms with Gasteiger partial charge in [0.25, 0.3) is 0 Å². The summed E-state index contributed by atoms with van der Waals surface area (Å²) in [7, 11) is 0. The summed E-state index contributed by atoms with van der Waals surface area (Å²) in [4.78, 5) is 6.93. The maximum Gasteiger partial charge on any atom is 0.148 e. The maximum absolute atomic E-state index is 10.3. The standard InChI is InChI=1S/C23H28N6OS/c1-4-17-18(10-24)22(29-12-14(2)27-15(3)13-29)28-23(19(17)11-25)31-20(21(26)30)16-8-6-5-7-9-16/h5-9,14-15,20-21,27,30H,4,12-13,26H2,1-3H3/t14-,15+,20?,21?. The summed E-state index contributed by atoms with van der Waals surface area (Å²) in [6, 6.07) is 14.5. The Morgan fingerprint density at radius 1 is 1.19 bits per heavy atom. The van der Waals surface area contributed by atoms with Crippen molar-refractivity contribution < 1.29 is 5.11 Å². The fraction of sp³-hybridized carbons (Fsp3) is 0.435. The van der Waals surface area contributed by atoms with E-state index in [9.17, 15) is 15.6 Å². The number of nitriles is 2. The van der Waals surface area contributed by atoms with Crippen molar-refractivity contribution in [2.45, 2.75) is 55.8 Å². The predicted molar refractivity (Wildman–Crippen MR) is 123 cm³/mol. The van der Waals surface area contributed by atoms with E-state index >= 15 is 0 Å². The minimum Gasteiger partial charge on any atom is -0.377 e. The molecule has 4 atom stereocenters. The third-order valence-electron chi connectivity index (χ3n) is 5.36. The molecule has 8 heteroatoms. The number of aliphatic hydroxyl groups is 1. The Labute approximate surface area is 187 Å². The number of hydrogen-bond donors (Lipinski definition) is 3. The predicted octanol–water partition coefficient (Wildman–Crippen LogP) is 2.68. The molecule has 0 spiro atoms. The summed E-state index contributed by atoms with van der Waals surface area (Å²) in [5, 5.41) is 33.6. The van der Waals surface area contributed by atoms with Gasteiger partial charge in [0.1, 0.15) is 29.2 Å². The Kier molecular flexibility index (Phi) is 7.53. The number of piperazine rings is 1. The van der Waals surface area contributed by atoms with Crippen molar-refractivity contribution in [3.63, 3.8) is 0 Å². The van der Waals surface area contributed by atoms with Crippen molar-refractivity contribution in [1.82, 2.24) is 10.3 Å².